The highest BCUT2D eigenvalue weighted by Crippen LogP contribution is 2.57. The molecule has 0 saturated carbocycles. The van der Waals surface area contributed by atoms with Crippen LogP contribution in [0.1, 0.15) is 40.2 Å². The van der Waals surface area contributed by atoms with Gasteiger partial charge in [0.2, 0.25) is 0 Å². The number of para-hydroxylation sites is 1. The van der Waals surface area contributed by atoms with Crippen molar-refractivity contribution in [1.82, 2.24) is 24.1 Å². The van der Waals surface area contributed by atoms with E-state index in [1.54, 1.807) is 0 Å². The van der Waals surface area contributed by atoms with E-state index in [1.165, 1.54) is 71.8 Å². The second-order valence-electron chi connectivity index (χ2n) is 15.1. The number of allylic oxidation sites excluding steroid dienone is 1. The molecule has 0 atom stereocenters. The van der Waals surface area contributed by atoms with Gasteiger partial charge in [-0.25, -0.2) is 4.98 Å². The summed E-state index contributed by atoms with van der Waals surface area (Å²) in [4.78, 5) is 14.9. The van der Waals surface area contributed by atoms with Crippen LogP contribution in [0.15, 0.2) is 182 Å². The van der Waals surface area contributed by atoms with Gasteiger partial charge in [0.15, 0.2) is 0 Å². The van der Waals surface area contributed by atoms with Crippen LogP contribution in [-0.2, 0) is 11.8 Å². The lowest BCUT2D eigenvalue weighted by Gasteiger charge is -2.31. The van der Waals surface area contributed by atoms with Gasteiger partial charge in [-0.05, 0) is 119 Å². The molecule has 0 N–H and O–H groups in total. The van der Waals surface area contributed by atoms with E-state index in [0.29, 0.717) is 0 Å². The monoisotopic (exact) mass is 729 g/mol. The number of nitrogens with zero attached hydrogens (tertiary/aromatic N) is 5. The second kappa shape index (κ2) is 12.3. The molecule has 5 aromatic carbocycles. The molecule has 0 aliphatic heterocycles. The number of aryl methyl sites for hydroxylation is 1. The van der Waals surface area contributed by atoms with Gasteiger partial charge in [0.1, 0.15) is 11.1 Å². The summed E-state index contributed by atoms with van der Waals surface area (Å²) in [5.74, 6) is 0. The maximum absolute atomic E-state index is 5.05. The van der Waals surface area contributed by atoms with Gasteiger partial charge < -0.3 is 4.57 Å². The normalized spacial score (nSPS) is 13.9. The van der Waals surface area contributed by atoms with Crippen molar-refractivity contribution >= 4 is 38.9 Å². The number of hydrogen-bond donors (Lipinski definition) is 0. The van der Waals surface area contributed by atoms with Crippen LogP contribution in [0.4, 0.5) is 0 Å². The lowest BCUT2D eigenvalue weighted by atomic mass is 9.72. The topological polar surface area (TPSA) is 48.5 Å². The highest BCUT2D eigenvalue weighted by atomic mass is 15.1. The molecular formula is C52H35N5. The second-order valence-corrected chi connectivity index (χ2v) is 15.1. The molecule has 2 aliphatic carbocycles. The Morgan fingerprint density at radius 2 is 1.14 bits per heavy atom. The summed E-state index contributed by atoms with van der Waals surface area (Å²) in [5.41, 5.74) is 16.7. The van der Waals surface area contributed by atoms with Gasteiger partial charge in [0.25, 0.3) is 0 Å². The molecule has 0 radical (unpaired) electrons. The van der Waals surface area contributed by atoms with Gasteiger partial charge in [0, 0.05) is 51.7 Å². The lowest BCUT2D eigenvalue weighted by Crippen LogP contribution is -2.30. The molecule has 12 rings (SSSR count). The molecule has 0 spiro atoms. The van der Waals surface area contributed by atoms with Crippen LogP contribution in [0.5, 0.6) is 0 Å². The minimum absolute atomic E-state index is 0.682. The maximum Gasteiger partial charge on any atom is 0.145 e. The molecule has 2 aliphatic rings. The van der Waals surface area contributed by atoms with Crippen LogP contribution in [-0.4, -0.2) is 24.1 Å². The fourth-order valence-electron chi connectivity index (χ4n) is 9.86. The van der Waals surface area contributed by atoms with Crippen LogP contribution in [0.25, 0.3) is 72.5 Å². The molecule has 5 nitrogen and oxygen atoms in total. The van der Waals surface area contributed by atoms with Gasteiger partial charge in [-0.3, -0.25) is 14.5 Å². The fraction of sp³-hybridized carbons (Fsp3) is 0.0577. The van der Waals surface area contributed by atoms with Crippen molar-refractivity contribution in [1.29, 1.82) is 0 Å². The lowest BCUT2D eigenvalue weighted by molar-refractivity contribution is 0.706. The molecule has 10 aromatic rings. The highest BCUT2D eigenvalue weighted by molar-refractivity contribution is 6.16. The maximum atomic E-state index is 5.05. The molecule has 5 aromatic heterocycles. The van der Waals surface area contributed by atoms with Crippen molar-refractivity contribution in [3.05, 3.63) is 216 Å². The molecule has 5 heterocycles. The predicted molar refractivity (Wildman–Crippen MR) is 231 cm³/mol. The van der Waals surface area contributed by atoms with E-state index in [2.05, 4.69) is 161 Å². The number of pyridine rings is 3. The summed E-state index contributed by atoms with van der Waals surface area (Å²) in [7, 11) is 0. The van der Waals surface area contributed by atoms with Crippen molar-refractivity contribution in [2.45, 2.75) is 18.3 Å². The Bertz CT molecular complexity index is 3170. The van der Waals surface area contributed by atoms with Gasteiger partial charge in [-0.2, -0.15) is 0 Å². The minimum Gasteiger partial charge on any atom is -0.309 e. The summed E-state index contributed by atoms with van der Waals surface area (Å²) in [6.07, 6.45) is 12.3. The van der Waals surface area contributed by atoms with Crippen LogP contribution < -0.4 is 0 Å². The Labute approximate surface area is 329 Å². The predicted octanol–water partition coefficient (Wildman–Crippen LogP) is 11.9. The number of aromatic nitrogens is 5. The molecule has 5 heteroatoms. The highest BCUT2D eigenvalue weighted by Gasteiger charge is 2.49. The number of rotatable bonds is 5. The molecule has 268 valence electrons. The fourth-order valence-corrected chi connectivity index (χ4v) is 9.86. The first-order valence-electron chi connectivity index (χ1n) is 19.7. The Morgan fingerprint density at radius 3 is 1.88 bits per heavy atom. The molecule has 57 heavy (non-hydrogen) atoms. The third-order valence-corrected chi connectivity index (χ3v) is 12.2. The van der Waals surface area contributed by atoms with E-state index in [9.17, 15) is 0 Å². The van der Waals surface area contributed by atoms with E-state index >= 15 is 0 Å². The van der Waals surface area contributed by atoms with Crippen molar-refractivity contribution in [3.63, 3.8) is 0 Å². The molecule has 0 saturated heterocycles. The van der Waals surface area contributed by atoms with E-state index in [1.807, 2.05) is 36.8 Å². The molecule has 0 fully saturated rings. The van der Waals surface area contributed by atoms with Crippen LogP contribution >= 0.6 is 0 Å². The van der Waals surface area contributed by atoms with Crippen molar-refractivity contribution < 1.29 is 0 Å². The first-order chi connectivity index (χ1) is 28.3. The minimum atomic E-state index is -0.682. The van der Waals surface area contributed by atoms with E-state index in [0.717, 1.165) is 41.3 Å². The van der Waals surface area contributed by atoms with E-state index in [4.69, 9.17) is 15.0 Å². The third-order valence-electron chi connectivity index (χ3n) is 12.2. The summed E-state index contributed by atoms with van der Waals surface area (Å²) in [6.45, 7) is 0. The average Bonchev–Trinajstić information content (AvgIpc) is 3.92. The zero-order chi connectivity index (χ0) is 37.5. The Morgan fingerprint density at radius 1 is 0.491 bits per heavy atom. The van der Waals surface area contributed by atoms with Crippen molar-refractivity contribution in [3.8, 4) is 33.6 Å². The van der Waals surface area contributed by atoms with E-state index < -0.39 is 5.41 Å². The van der Waals surface area contributed by atoms with E-state index in [-0.39, 0.29) is 0 Å². The summed E-state index contributed by atoms with van der Waals surface area (Å²) in [5, 5.41) is 3.69. The smallest absolute Gasteiger partial charge is 0.145 e. The van der Waals surface area contributed by atoms with Crippen molar-refractivity contribution in [2.75, 3.05) is 0 Å². The zero-order valence-corrected chi connectivity index (χ0v) is 31.0. The quantitative estimate of drug-likeness (QED) is 0.177. The third kappa shape index (κ3) is 4.48. The first kappa shape index (κ1) is 31.9. The largest absolute Gasteiger partial charge is 0.309 e. The Kier molecular flexibility index (Phi) is 6.90. The van der Waals surface area contributed by atoms with Crippen molar-refractivity contribution in [2.24, 2.45) is 0 Å². The molecular weight excluding hydrogens is 695 g/mol. The Balaban J connectivity index is 1.03. The van der Waals surface area contributed by atoms with Gasteiger partial charge >= 0.3 is 0 Å². The van der Waals surface area contributed by atoms with Gasteiger partial charge in [0.05, 0.1) is 28.1 Å². The Hall–Kier alpha value is -7.37. The zero-order valence-electron chi connectivity index (χ0n) is 31.0. The molecule has 0 unspecified atom stereocenters. The summed E-state index contributed by atoms with van der Waals surface area (Å²) < 4.78 is 4.77. The number of benzene rings is 5. The van der Waals surface area contributed by atoms with Crippen LogP contribution in [0.2, 0.25) is 0 Å². The average molecular weight is 730 g/mol. The first-order valence-corrected chi connectivity index (χ1v) is 19.7. The van der Waals surface area contributed by atoms with Crippen LogP contribution in [0.3, 0.4) is 0 Å². The number of fused-ring (bicyclic) bond motifs is 10. The van der Waals surface area contributed by atoms with Gasteiger partial charge in [-0.15, -0.1) is 0 Å². The molecule has 0 amide bonds. The summed E-state index contributed by atoms with van der Waals surface area (Å²) in [6, 6.07) is 56.9. The summed E-state index contributed by atoms with van der Waals surface area (Å²) >= 11 is 0. The standard InChI is InChI=1S/C52H35N5/c1-4-16-43-42(14-1)49-44(52(43,47-19-7-9-31-53-47)48-20-8-10-32-54-48)30-29-40-38-12-2-5-17-45(38)56(50(40)49)36-25-21-34(22-26-36)35-23-27-37(28-24-35)57-46-18-6-3-13-39(46)41-15-11-33-55-51(41)57/h1-2,4-12,14-33H,3,13H2. The van der Waals surface area contributed by atoms with Crippen LogP contribution in [0, 0.1) is 0 Å². The number of hydrogen-bond acceptors (Lipinski definition) is 3. The molecule has 0 bridgehead atoms. The SMILES string of the molecule is C1=Cc2c(c3cccnc3n2-c2ccc(-c3ccc(-n4c5ccccc5c5ccc6c(c54)-c4ccccc4C6(c4ccccn4)c4ccccn4)cc3)cc2)CC1. The van der Waals surface area contributed by atoms with Gasteiger partial charge in [-0.1, -0.05) is 97.1 Å².